The zero-order valence-electron chi connectivity index (χ0n) is 11.1. The molecule has 0 saturated carbocycles. The number of benzene rings is 1. The van der Waals surface area contributed by atoms with E-state index in [9.17, 15) is 4.39 Å². The Morgan fingerprint density at radius 3 is 2.58 bits per heavy atom. The molecule has 0 unspecified atom stereocenters. The van der Waals surface area contributed by atoms with Crippen LogP contribution in [0.15, 0.2) is 30.5 Å². The molecule has 0 atom stereocenters. The molecule has 0 amide bonds. The van der Waals surface area contributed by atoms with Crippen LogP contribution in [0.1, 0.15) is 30.9 Å². The molecule has 0 radical (unpaired) electrons. The maximum Gasteiger partial charge on any atom is 0.255 e. The highest BCUT2D eigenvalue weighted by Gasteiger charge is 2.09. The van der Waals surface area contributed by atoms with Gasteiger partial charge in [-0.15, -0.1) is 0 Å². The van der Waals surface area contributed by atoms with E-state index < -0.39 is 5.82 Å². The van der Waals surface area contributed by atoms with Crippen molar-refractivity contribution in [2.45, 2.75) is 26.7 Å². The van der Waals surface area contributed by atoms with Crippen LogP contribution in [0.25, 0.3) is 0 Å². The van der Waals surface area contributed by atoms with Crippen LogP contribution in [0.2, 0.25) is 5.02 Å². The molecule has 0 aliphatic carbocycles. The van der Waals surface area contributed by atoms with Crippen LogP contribution >= 0.6 is 11.6 Å². The summed E-state index contributed by atoms with van der Waals surface area (Å²) in [6.07, 6.45) is 1.36. The number of hydrogen-bond donors (Lipinski definition) is 0. The Labute approximate surface area is 117 Å². The Balaban J connectivity index is 2.26. The van der Waals surface area contributed by atoms with Crippen LogP contribution in [0.4, 0.5) is 4.39 Å². The number of nitrogens with zero attached hydrogens (tertiary/aromatic N) is 1. The Hall–Kier alpha value is -1.61. The number of pyridine rings is 1. The molecule has 0 N–H and O–H groups in total. The molecule has 0 spiro atoms. The third-order valence-corrected chi connectivity index (χ3v) is 3.06. The number of halogens is 2. The maximum absolute atomic E-state index is 13.6. The highest BCUT2D eigenvalue weighted by Crippen LogP contribution is 2.28. The average molecular weight is 280 g/mol. The third kappa shape index (κ3) is 3.24. The molecule has 2 aromatic rings. The zero-order valence-corrected chi connectivity index (χ0v) is 11.8. The molecule has 2 rings (SSSR count). The molecule has 4 heteroatoms. The summed E-state index contributed by atoms with van der Waals surface area (Å²) >= 11 is 5.64. The van der Waals surface area contributed by atoms with Crippen LogP contribution in [0, 0.1) is 12.7 Å². The third-order valence-electron chi connectivity index (χ3n) is 2.85. The smallest absolute Gasteiger partial charge is 0.255 e. The van der Waals surface area contributed by atoms with E-state index in [1.54, 1.807) is 0 Å². The molecule has 2 nitrogen and oxygen atoms in total. The minimum absolute atomic E-state index is 0.0684. The monoisotopic (exact) mass is 279 g/mol. The molecule has 0 saturated heterocycles. The second kappa shape index (κ2) is 5.57. The average Bonchev–Trinajstić information content (AvgIpc) is 2.32. The van der Waals surface area contributed by atoms with Crippen LogP contribution in [0.5, 0.6) is 11.6 Å². The molecule has 0 aliphatic rings. The van der Waals surface area contributed by atoms with Crippen LogP contribution < -0.4 is 4.74 Å². The van der Waals surface area contributed by atoms with Crippen molar-refractivity contribution < 1.29 is 9.13 Å². The summed E-state index contributed by atoms with van der Waals surface area (Å²) in [5.41, 5.74) is 2.36. The van der Waals surface area contributed by atoms with E-state index in [4.69, 9.17) is 16.3 Å². The minimum Gasteiger partial charge on any atom is -0.436 e. The van der Waals surface area contributed by atoms with Gasteiger partial charge in [-0.1, -0.05) is 31.5 Å². The Bertz CT molecular complexity index is 599. The fraction of sp³-hybridized carbons (Fsp3) is 0.267. The highest BCUT2D eigenvalue weighted by atomic mass is 35.5. The lowest BCUT2D eigenvalue weighted by Gasteiger charge is -2.12. The lowest BCUT2D eigenvalue weighted by atomic mass is 9.98. The van der Waals surface area contributed by atoms with Crippen molar-refractivity contribution in [3.8, 4) is 11.6 Å². The number of rotatable bonds is 3. The van der Waals surface area contributed by atoms with Gasteiger partial charge in [0.1, 0.15) is 5.75 Å². The van der Waals surface area contributed by atoms with E-state index >= 15 is 0 Å². The van der Waals surface area contributed by atoms with Crippen molar-refractivity contribution in [3.05, 3.63) is 52.4 Å². The zero-order chi connectivity index (χ0) is 14.0. The van der Waals surface area contributed by atoms with Gasteiger partial charge in [0.15, 0.2) is 5.82 Å². The van der Waals surface area contributed by atoms with Crippen molar-refractivity contribution in [1.29, 1.82) is 0 Å². The van der Waals surface area contributed by atoms with Crippen molar-refractivity contribution in [3.63, 3.8) is 0 Å². The van der Waals surface area contributed by atoms with Crippen molar-refractivity contribution in [1.82, 2.24) is 4.98 Å². The van der Waals surface area contributed by atoms with Crippen LogP contribution in [-0.2, 0) is 0 Å². The normalized spacial score (nSPS) is 10.8. The van der Waals surface area contributed by atoms with E-state index in [0.717, 1.165) is 5.56 Å². The SMILES string of the molecule is Cc1cc(Oc2ncc(Cl)cc2F)ccc1C(C)C. The van der Waals surface area contributed by atoms with Gasteiger partial charge in [-0.05, 0) is 42.2 Å². The van der Waals surface area contributed by atoms with Crippen LogP contribution in [0.3, 0.4) is 0 Å². The second-order valence-electron chi connectivity index (χ2n) is 4.72. The highest BCUT2D eigenvalue weighted by molar-refractivity contribution is 6.30. The summed E-state index contributed by atoms with van der Waals surface area (Å²) in [6, 6.07) is 6.87. The van der Waals surface area contributed by atoms with Gasteiger partial charge >= 0.3 is 0 Å². The summed E-state index contributed by atoms with van der Waals surface area (Å²) in [4.78, 5) is 3.83. The Kier molecular flexibility index (Phi) is 4.05. The summed E-state index contributed by atoms with van der Waals surface area (Å²) in [5, 5.41) is 0.246. The summed E-state index contributed by atoms with van der Waals surface area (Å²) in [5.74, 6) is 0.370. The standard InChI is InChI=1S/C15H15ClFNO/c1-9(2)13-5-4-12(6-10(13)3)19-15-14(17)7-11(16)8-18-15/h4-9H,1-3H3. The van der Waals surface area contributed by atoms with E-state index in [2.05, 4.69) is 18.8 Å². The van der Waals surface area contributed by atoms with E-state index in [1.165, 1.54) is 17.8 Å². The first kappa shape index (κ1) is 13.8. The van der Waals surface area contributed by atoms with Crippen molar-refractivity contribution >= 4 is 11.6 Å². The molecule has 1 aromatic carbocycles. The number of ether oxygens (including phenoxy) is 1. The van der Waals surface area contributed by atoms with Gasteiger partial charge in [-0.3, -0.25) is 0 Å². The number of aryl methyl sites for hydroxylation is 1. The molecule has 0 bridgehead atoms. The van der Waals surface area contributed by atoms with Gasteiger partial charge in [0.25, 0.3) is 5.88 Å². The molecule has 0 aliphatic heterocycles. The number of aromatic nitrogens is 1. The van der Waals surface area contributed by atoms with E-state index in [-0.39, 0.29) is 10.9 Å². The van der Waals surface area contributed by atoms with E-state index in [1.807, 2.05) is 25.1 Å². The first-order valence-corrected chi connectivity index (χ1v) is 6.44. The molecule has 0 fully saturated rings. The van der Waals surface area contributed by atoms with Gasteiger partial charge in [0.2, 0.25) is 0 Å². The largest absolute Gasteiger partial charge is 0.436 e. The predicted molar refractivity (Wildman–Crippen MR) is 74.5 cm³/mol. The molecule has 100 valence electrons. The number of hydrogen-bond acceptors (Lipinski definition) is 2. The summed E-state index contributed by atoms with van der Waals surface area (Å²) < 4.78 is 19.0. The van der Waals surface area contributed by atoms with Crippen molar-refractivity contribution in [2.24, 2.45) is 0 Å². The fourth-order valence-corrected chi connectivity index (χ4v) is 2.09. The molecule has 1 heterocycles. The second-order valence-corrected chi connectivity index (χ2v) is 5.15. The Morgan fingerprint density at radius 2 is 2.00 bits per heavy atom. The molecule has 19 heavy (non-hydrogen) atoms. The maximum atomic E-state index is 13.6. The first-order chi connectivity index (χ1) is 8.97. The fourth-order valence-electron chi connectivity index (χ4n) is 1.95. The molecular weight excluding hydrogens is 265 g/mol. The predicted octanol–water partition coefficient (Wildman–Crippen LogP) is 5.10. The van der Waals surface area contributed by atoms with Gasteiger partial charge in [-0.25, -0.2) is 9.37 Å². The summed E-state index contributed by atoms with van der Waals surface area (Å²) in [7, 11) is 0. The van der Waals surface area contributed by atoms with Gasteiger partial charge in [0.05, 0.1) is 5.02 Å². The lowest BCUT2D eigenvalue weighted by Crippen LogP contribution is -1.95. The first-order valence-electron chi connectivity index (χ1n) is 6.07. The molecular formula is C15H15ClFNO. The summed E-state index contributed by atoms with van der Waals surface area (Å²) in [6.45, 7) is 6.26. The van der Waals surface area contributed by atoms with Gasteiger partial charge < -0.3 is 4.74 Å². The van der Waals surface area contributed by atoms with Crippen LogP contribution in [-0.4, -0.2) is 4.98 Å². The lowest BCUT2D eigenvalue weighted by molar-refractivity contribution is 0.422. The Morgan fingerprint density at radius 1 is 1.26 bits per heavy atom. The van der Waals surface area contributed by atoms with E-state index in [0.29, 0.717) is 11.7 Å². The minimum atomic E-state index is -0.571. The molecule has 1 aromatic heterocycles. The van der Waals surface area contributed by atoms with Crippen molar-refractivity contribution in [2.75, 3.05) is 0 Å². The van der Waals surface area contributed by atoms with Gasteiger partial charge in [-0.2, -0.15) is 0 Å². The quantitative estimate of drug-likeness (QED) is 0.780. The van der Waals surface area contributed by atoms with Gasteiger partial charge in [0, 0.05) is 6.20 Å². The topological polar surface area (TPSA) is 22.1 Å².